The highest BCUT2D eigenvalue weighted by atomic mass is 32.2. The number of benzene rings is 2. The molecule has 0 unspecified atom stereocenters. The van der Waals surface area contributed by atoms with E-state index in [1.807, 2.05) is 30.3 Å². The van der Waals surface area contributed by atoms with E-state index in [0.717, 1.165) is 20.5 Å². The number of fused-ring (bicyclic) bond motifs is 1. The predicted molar refractivity (Wildman–Crippen MR) is 82.7 cm³/mol. The van der Waals surface area contributed by atoms with Crippen molar-refractivity contribution >= 4 is 38.0 Å². The molecule has 0 aliphatic carbocycles. The third kappa shape index (κ3) is 2.37. The van der Waals surface area contributed by atoms with E-state index in [0.29, 0.717) is 5.56 Å². The number of hydrogen-bond donors (Lipinski definition) is 0. The van der Waals surface area contributed by atoms with Gasteiger partial charge < -0.3 is 4.74 Å². The highest BCUT2D eigenvalue weighted by Crippen LogP contribution is 2.28. The molecule has 3 rings (SSSR count). The summed E-state index contributed by atoms with van der Waals surface area (Å²) in [6.45, 7) is 0. The van der Waals surface area contributed by atoms with Crippen molar-refractivity contribution in [3.63, 3.8) is 0 Å². The van der Waals surface area contributed by atoms with Gasteiger partial charge in [0, 0.05) is 9.40 Å². The molecule has 5 heteroatoms. The highest BCUT2D eigenvalue weighted by molar-refractivity contribution is 7.35. The Kier molecular flexibility index (Phi) is 3.38. The Hall–Kier alpha value is -1.98. The molecule has 0 atom stereocenters. The van der Waals surface area contributed by atoms with E-state index in [4.69, 9.17) is 0 Å². The number of carbonyl (C=O) groups excluding carboxylic acids is 1. The normalized spacial score (nSPS) is 10.7. The molecule has 0 fully saturated rings. The summed E-state index contributed by atoms with van der Waals surface area (Å²) in [6, 6.07) is 13.2. The van der Waals surface area contributed by atoms with E-state index in [-0.39, 0.29) is 10.0 Å². The second-order valence-electron chi connectivity index (χ2n) is 4.18. The van der Waals surface area contributed by atoms with Crippen molar-refractivity contribution in [2.24, 2.45) is 0 Å². The first-order valence-corrected chi connectivity index (χ1v) is 7.53. The molecule has 1 heterocycles. The van der Waals surface area contributed by atoms with Crippen LogP contribution in [0.15, 0.2) is 47.3 Å². The molecule has 0 aliphatic rings. The molecule has 0 N–H and O–H groups in total. The molecular weight excluding hydrogens is 292 g/mol. The Balaban J connectivity index is 2.01. The summed E-state index contributed by atoms with van der Waals surface area (Å²) >= 11 is 2.53. The summed E-state index contributed by atoms with van der Waals surface area (Å²) in [5, 5.41) is 0. The topological polar surface area (TPSA) is 43.4 Å². The molecule has 0 saturated carbocycles. The lowest BCUT2D eigenvalue weighted by molar-refractivity contribution is 0.0601. The zero-order valence-corrected chi connectivity index (χ0v) is 12.2. The standard InChI is InChI=1S/C15H10O3S2/c1-18-14(16)10-4-2-9(3-5-10)11-6-7-12-13(8-11)20-15(17)19-12/h2-8H,1H3. The quantitative estimate of drug-likeness (QED) is 0.677. The third-order valence-electron chi connectivity index (χ3n) is 2.97. The highest BCUT2D eigenvalue weighted by Gasteiger charge is 2.07. The molecule has 2 aromatic carbocycles. The summed E-state index contributed by atoms with van der Waals surface area (Å²) in [5.74, 6) is -0.344. The largest absolute Gasteiger partial charge is 0.465 e. The maximum atomic E-state index is 11.4. The van der Waals surface area contributed by atoms with Crippen molar-refractivity contribution in [1.29, 1.82) is 0 Å². The van der Waals surface area contributed by atoms with Crippen molar-refractivity contribution in [2.45, 2.75) is 0 Å². The van der Waals surface area contributed by atoms with Crippen LogP contribution in [0.4, 0.5) is 0 Å². The van der Waals surface area contributed by atoms with Crippen LogP contribution in [-0.4, -0.2) is 13.1 Å². The van der Waals surface area contributed by atoms with Crippen LogP contribution in [0.2, 0.25) is 0 Å². The number of rotatable bonds is 2. The van der Waals surface area contributed by atoms with E-state index in [9.17, 15) is 9.59 Å². The van der Waals surface area contributed by atoms with Crippen LogP contribution in [0.5, 0.6) is 0 Å². The molecule has 0 spiro atoms. The van der Waals surface area contributed by atoms with Crippen LogP contribution in [0, 0.1) is 0 Å². The summed E-state index contributed by atoms with van der Waals surface area (Å²) in [7, 11) is 1.36. The average molecular weight is 302 g/mol. The van der Waals surface area contributed by atoms with Gasteiger partial charge in [-0.15, -0.1) is 0 Å². The molecule has 3 aromatic rings. The first kappa shape index (κ1) is 13.0. The maximum absolute atomic E-state index is 11.4. The molecule has 0 amide bonds. The number of methoxy groups -OCH3 is 1. The second-order valence-corrected chi connectivity index (χ2v) is 6.47. The molecule has 0 radical (unpaired) electrons. The molecule has 0 saturated heterocycles. The summed E-state index contributed by atoms with van der Waals surface area (Å²) in [5.41, 5.74) is 2.56. The SMILES string of the molecule is COC(=O)c1ccc(-c2ccc3sc(=O)sc3c2)cc1. The van der Waals surface area contributed by atoms with E-state index in [2.05, 4.69) is 4.74 Å². The smallest absolute Gasteiger partial charge is 0.337 e. The molecule has 1 aromatic heterocycles. The number of hydrogen-bond acceptors (Lipinski definition) is 5. The lowest BCUT2D eigenvalue weighted by Crippen LogP contribution is -2.00. The number of esters is 1. The van der Waals surface area contributed by atoms with Crippen molar-refractivity contribution in [2.75, 3.05) is 7.11 Å². The number of ether oxygens (including phenoxy) is 1. The first-order chi connectivity index (χ1) is 9.67. The van der Waals surface area contributed by atoms with Gasteiger partial charge in [-0.2, -0.15) is 0 Å². The number of carbonyl (C=O) groups is 1. The van der Waals surface area contributed by atoms with Crippen LogP contribution in [0.25, 0.3) is 20.5 Å². The van der Waals surface area contributed by atoms with Gasteiger partial charge in [0.05, 0.1) is 12.7 Å². The Morgan fingerprint density at radius 2 is 1.60 bits per heavy atom. The third-order valence-corrected chi connectivity index (χ3v) is 5.07. The van der Waals surface area contributed by atoms with Gasteiger partial charge in [-0.05, 0) is 35.4 Å². The monoisotopic (exact) mass is 302 g/mol. The van der Waals surface area contributed by atoms with E-state index in [1.54, 1.807) is 12.1 Å². The second kappa shape index (κ2) is 5.19. The van der Waals surface area contributed by atoms with Gasteiger partial charge in [-0.1, -0.05) is 40.9 Å². The van der Waals surface area contributed by atoms with Gasteiger partial charge >= 0.3 is 5.97 Å². The van der Waals surface area contributed by atoms with Gasteiger partial charge in [0.1, 0.15) is 0 Å². The van der Waals surface area contributed by atoms with Crippen LogP contribution in [0.3, 0.4) is 0 Å². The summed E-state index contributed by atoms with van der Waals surface area (Å²) < 4.78 is 6.79. The fraction of sp³-hybridized carbons (Fsp3) is 0.0667. The van der Waals surface area contributed by atoms with Crippen LogP contribution in [-0.2, 0) is 4.74 Å². The maximum Gasteiger partial charge on any atom is 0.337 e. The molecule has 100 valence electrons. The molecule has 0 bridgehead atoms. The zero-order valence-electron chi connectivity index (χ0n) is 10.6. The van der Waals surface area contributed by atoms with Crippen LogP contribution in [0.1, 0.15) is 10.4 Å². The molecule has 20 heavy (non-hydrogen) atoms. The minimum Gasteiger partial charge on any atom is -0.465 e. The molecule has 3 nitrogen and oxygen atoms in total. The van der Waals surface area contributed by atoms with Crippen molar-refractivity contribution in [3.05, 3.63) is 56.9 Å². The van der Waals surface area contributed by atoms with Crippen molar-refractivity contribution in [3.8, 4) is 11.1 Å². The Labute approximate surface area is 123 Å². The van der Waals surface area contributed by atoms with Crippen LogP contribution < -0.4 is 4.06 Å². The van der Waals surface area contributed by atoms with Crippen LogP contribution >= 0.6 is 22.7 Å². The van der Waals surface area contributed by atoms with Gasteiger partial charge in [0.15, 0.2) is 0 Å². The Morgan fingerprint density at radius 1 is 0.950 bits per heavy atom. The predicted octanol–water partition coefficient (Wildman–Crippen LogP) is 3.78. The van der Waals surface area contributed by atoms with Crippen molar-refractivity contribution in [1.82, 2.24) is 0 Å². The molecular formula is C15H10O3S2. The lowest BCUT2D eigenvalue weighted by atomic mass is 10.0. The fourth-order valence-electron chi connectivity index (χ4n) is 1.97. The lowest BCUT2D eigenvalue weighted by Gasteiger charge is -2.03. The average Bonchev–Trinajstić information content (AvgIpc) is 2.85. The molecule has 0 aliphatic heterocycles. The summed E-state index contributed by atoms with van der Waals surface area (Å²) in [4.78, 5) is 22.8. The fourth-order valence-corrected chi connectivity index (χ4v) is 3.93. The minimum absolute atomic E-state index is 0.109. The summed E-state index contributed by atoms with van der Waals surface area (Å²) in [6.07, 6.45) is 0. The Morgan fingerprint density at radius 3 is 2.30 bits per heavy atom. The van der Waals surface area contributed by atoms with Gasteiger partial charge in [0.2, 0.25) is 0 Å². The van der Waals surface area contributed by atoms with Crippen molar-refractivity contribution < 1.29 is 9.53 Å². The van der Waals surface area contributed by atoms with E-state index < -0.39 is 0 Å². The van der Waals surface area contributed by atoms with Gasteiger partial charge in [0.25, 0.3) is 4.06 Å². The van der Waals surface area contributed by atoms with E-state index >= 15 is 0 Å². The van der Waals surface area contributed by atoms with Gasteiger partial charge in [-0.25, -0.2) is 4.79 Å². The zero-order chi connectivity index (χ0) is 14.1. The van der Waals surface area contributed by atoms with Gasteiger partial charge in [-0.3, -0.25) is 4.79 Å². The minimum atomic E-state index is -0.344. The Bertz CT molecular complexity index is 828. The first-order valence-electron chi connectivity index (χ1n) is 5.90. The van der Waals surface area contributed by atoms with E-state index in [1.165, 1.54) is 29.8 Å².